The standard InChI is InChI=1S/C13H27N3O2S/c1-11(2)14-10-12-4-5-13(12)15-6-8-16(9-7-15)19(3,17)18/h11-14H,4-10H2,1-3H3. The van der Waals surface area contributed by atoms with E-state index in [9.17, 15) is 8.42 Å². The smallest absolute Gasteiger partial charge is 0.211 e. The molecule has 0 aromatic rings. The molecule has 1 aliphatic heterocycles. The van der Waals surface area contributed by atoms with E-state index in [0.717, 1.165) is 25.6 Å². The molecule has 2 fully saturated rings. The van der Waals surface area contributed by atoms with E-state index in [1.165, 1.54) is 19.1 Å². The van der Waals surface area contributed by atoms with Crippen LogP contribution in [0.25, 0.3) is 0 Å². The molecule has 0 bridgehead atoms. The highest BCUT2D eigenvalue weighted by atomic mass is 32.2. The Labute approximate surface area is 117 Å². The van der Waals surface area contributed by atoms with Crippen molar-refractivity contribution in [1.82, 2.24) is 14.5 Å². The number of hydrogen-bond donors (Lipinski definition) is 1. The molecule has 0 radical (unpaired) electrons. The van der Waals surface area contributed by atoms with Gasteiger partial charge in [0.05, 0.1) is 6.26 Å². The Kier molecular flexibility index (Phi) is 4.87. The minimum Gasteiger partial charge on any atom is -0.314 e. The molecule has 1 aliphatic carbocycles. The highest BCUT2D eigenvalue weighted by Gasteiger charge is 2.37. The third-order valence-electron chi connectivity index (χ3n) is 4.38. The van der Waals surface area contributed by atoms with Crippen LogP contribution in [0.1, 0.15) is 26.7 Å². The minimum absolute atomic E-state index is 0.545. The summed E-state index contributed by atoms with van der Waals surface area (Å²) in [5.41, 5.74) is 0. The number of nitrogens with zero attached hydrogens (tertiary/aromatic N) is 2. The van der Waals surface area contributed by atoms with Gasteiger partial charge >= 0.3 is 0 Å². The molecule has 112 valence electrons. The molecule has 0 aromatic heterocycles. The monoisotopic (exact) mass is 289 g/mol. The average Bonchev–Trinajstić information content (AvgIpc) is 2.26. The Morgan fingerprint density at radius 3 is 2.21 bits per heavy atom. The summed E-state index contributed by atoms with van der Waals surface area (Å²) in [7, 11) is -3.00. The molecule has 5 nitrogen and oxygen atoms in total. The maximum absolute atomic E-state index is 11.5. The molecule has 19 heavy (non-hydrogen) atoms. The summed E-state index contributed by atoms with van der Waals surface area (Å²) in [4.78, 5) is 2.48. The van der Waals surface area contributed by atoms with Crippen molar-refractivity contribution in [1.29, 1.82) is 0 Å². The summed E-state index contributed by atoms with van der Waals surface area (Å²) in [5, 5.41) is 3.52. The molecule has 1 saturated heterocycles. The van der Waals surface area contributed by atoms with E-state index in [1.807, 2.05) is 0 Å². The van der Waals surface area contributed by atoms with Crippen molar-refractivity contribution in [3.05, 3.63) is 0 Å². The molecule has 2 atom stereocenters. The second-order valence-electron chi connectivity index (χ2n) is 6.17. The molecule has 1 N–H and O–H groups in total. The topological polar surface area (TPSA) is 52.6 Å². The largest absolute Gasteiger partial charge is 0.314 e. The van der Waals surface area contributed by atoms with Crippen LogP contribution in [0.3, 0.4) is 0 Å². The average molecular weight is 289 g/mol. The quantitative estimate of drug-likeness (QED) is 0.793. The molecule has 2 rings (SSSR count). The van der Waals surface area contributed by atoms with Crippen LogP contribution >= 0.6 is 0 Å². The van der Waals surface area contributed by atoms with E-state index in [0.29, 0.717) is 25.2 Å². The molecule has 1 heterocycles. The van der Waals surface area contributed by atoms with Crippen LogP contribution in [0.15, 0.2) is 0 Å². The zero-order valence-electron chi connectivity index (χ0n) is 12.3. The van der Waals surface area contributed by atoms with Crippen LogP contribution in [0, 0.1) is 5.92 Å². The molecular formula is C13H27N3O2S. The molecule has 1 saturated carbocycles. The van der Waals surface area contributed by atoms with Gasteiger partial charge in [0.2, 0.25) is 10.0 Å². The first-order valence-corrected chi connectivity index (χ1v) is 9.15. The van der Waals surface area contributed by atoms with Gasteiger partial charge in [0.15, 0.2) is 0 Å². The molecule has 0 spiro atoms. The van der Waals surface area contributed by atoms with Crippen molar-refractivity contribution in [3.63, 3.8) is 0 Å². The summed E-state index contributed by atoms with van der Waals surface area (Å²) in [5.74, 6) is 0.743. The van der Waals surface area contributed by atoms with E-state index < -0.39 is 10.0 Å². The van der Waals surface area contributed by atoms with E-state index in [1.54, 1.807) is 4.31 Å². The second kappa shape index (κ2) is 6.08. The Bertz CT molecular complexity index is 389. The first-order chi connectivity index (χ1) is 8.88. The van der Waals surface area contributed by atoms with E-state index in [-0.39, 0.29) is 0 Å². The van der Waals surface area contributed by atoms with Gasteiger partial charge in [-0.3, -0.25) is 4.90 Å². The Morgan fingerprint density at radius 2 is 1.79 bits per heavy atom. The van der Waals surface area contributed by atoms with Crippen LogP contribution in [-0.4, -0.2) is 68.7 Å². The molecule has 2 aliphatic rings. The first-order valence-electron chi connectivity index (χ1n) is 7.30. The predicted octanol–water partition coefficient (Wildman–Crippen LogP) is 0.340. The number of nitrogens with one attached hydrogen (secondary N) is 1. The highest BCUT2D eigenvalue weighted by Crippen LogP contribution is 2.32. The van der Waals surface area contributed by atoms with Gasteiger partial charge in [0, 0.05) is 38.3 Å². The molecule has 0 aromatic carbocycles. The lowest BCUT2D eigenvalue weighted by atomic mass is 9.78. The number of sulfonamides is 1. The van der Waals surface area contributed by atoms with Crippen molar-refractivity contribution in [2.45, 2.75) is 38.8 Å². The van der Waals surface area contributed by atoms with Gasteiger partial charge in [0.1, 0.15) is 0 Å². The molecular weight excluding hydrogens is 262 g/mol. The van der Waals surface area contributed by atoms with Gasteiger partial charge in [-0.2, -0.15) is 4.31 Å². The summed E-state index contributed by atoms with van der Waals surface area (Å²) >= 11 is 0. The van der Waals surface area contributed by atoms with Crippen LogP contribution in [-0.2, 0) is 10.0 Å². The van der Waals surface area contributed by atoms with E-state index in [2.05, 4.69) is 24.1 Å². The zero-order chi connectivity index (χ0) is 14.0. The lowest BCUT2D eigenvalue weighted by molar-refractivity contribution is 0.0372. The fraction of sp³-hybridized carbons (Fsp3) is 1.00. The van der Waals surface area contributed by atoms with Crippen molar-refractivity contribution in [2.75, 3.05) is 39.0 Å². The van der Waals surface area contributed by atoms with Crippen molar-refractivity contribution < 1.29 is 8.42 Å². The predicted molar refractivity (Wildman–Crippen MR) is 77.6 cm³/mol. The number of piperazine rings is 1. The normalized spacial score (nSPS) is 30.5. The van der Waals surface area contributed by atoms with Crippen molar-refractivity contribution in [3.8, 4) is 0 Å². The Balaban J connectivity index is 1.78. The van der Waals surface area contributed by atoms with Crippen LogP contribution in [0.4, 0.5) is 0 Å². The van der Waals surface area contributed by atoms with Gasteiger partial charge in [-0.15, -0.1) is 0 Å². The van der Waals surface area contributed by atoms with Gasteiger partial charge in [-0.1, -0.05) is 13.8 Å². The van der Waals surface area contributed by atoms with Crippen LogP contribution < -0.4 is 5.32 Å². The SMILES string of the molecule is CC(C)NCC1CCC1N1CCN(S(C)(=O)=O)CC1. The summed E-state index contributed by atoms with van der Waals surface area (Å²) < 4.78 is 24.6. The maximum atomic E-state index is 11.5. The van der Waals surface area contributed by atoms with Crippen molar-refractivity contribution in [2.24, 2.45) is 5.92 Å². The first kappa shape index (κ1) is 15.2. The third kappa shape index (κ3) is 3.90. The lowest BCUT2D eigenvalue weighted by Crippen LogP contribution is -2.57. The van der Waals surface area contributed by atoms with Crippen LogP contribution in [0.5, 0.6) is 0 Å². The van der Waals surface area contributed by atoms with Gasteiger partial charge < -0.3 is 5.32 Å². The van der Waals surface area contributed by atoms with E-state index >= 15 is 0 Å². The second-order valence-corrected chi connectivity index (χ2v) is 8.15. The third-order valence-corrected chi connectivity index (χ3v) is 5.68. The molecule has 0 amide bonds. The summed E-state index contributed by atoms with van der Waals surface area (Å²) in [6.45, 7) is 8.52. The minimum atomic E-state index is -3.00. The number of rotatable bonds is 5. The maximum Gasteiger partial charge on any atom is 0.211 e. The summed E-state index contributed by atoms with van der Waals surface area (Å²) in [6.07, 6.45) is 3.88. The molecule has 2 unspecified atom stereocenters. The van der Waals surface area contributed by atoms with Gasteiger partial charge in [0.25, 0.3) is 0 Å². The molecule has 6 heteroatoms. The fourth-order valence-electron chi connectivity index (χ4n) is 3.02. The highest BCUT2D eigenvalue weighted by molar-refractivity contribution is 7.88. The van der Waals surface area contributed by atoms with Gasteiger partial charge in [-0.25, -0.2) is 8.42 Å². The Hall–Kier alpha value is -0.170. The fourth-order valence-corrected chi connectivity index (χ4v) is 3.85. The number of hydrogen-bond acceptors (Lipinski definition) is 4. The van der Waals surface area contributed by atoms with Crippen molar-refractivity contribution >= 4 is 10.0 Å². The summed E-state index contributed by atoms with van der Waals surface area (Å²) in [6, 6.07) is 1.20. The zero-order valence-corrected chi connectivity index (χ0v) is 13.1. The lowest BCUT2D eigenvalue weighted by Gasteiger charge is -2.47. The Morgan fingerprint density at radius 1 is 1.16 bits per heavy atom. The van der Waals surface area contributed by atoms with E-state index in [4.69, 9.17) is 0 Å². The van der Waals surface area contributed by atoms with Gasteiger partial charge in [-0.05, 0) is 25.3 Å². The van der Waals surface area contributed by atoms with Crippen LogP contribution in [0.2, 0.25) is 0 Å².